The Kier molecular flexibility index (Phi) is 3.77. The van der Waals surface area contributed by atoms with Gasteiger partial charge in [0.15, 0.2) is 0 Å². The molecular formula is C14H19F2N. The molecule has 0 aliphatic carbocycles. The van der Waals surface area contributed by atoms with Gasteiger partial charge >= 0.3 is 0 Å². The van der Waals surface area contributed by atoms with Crippen LogP contribution in [0.25, 0.3) is 0 Å². The molecule has 2 rings (SSSR count). The fourth-order valence-electron chi connectivity index (χ4n) is 2.49. The van der Waals surface area contributed by atoms with Gasteiger partial charge in [-0.25, -0.2) is 8.78 Å². The highest BCUT2D eigenvalue weighted by molar-refractivity contribution is 5.27. The number of benzene rings is 1. The topological polar surface area (TPSA) is 12.0 Å². The second-order valence-electron chi connectivity index (χ2n) is 5.09. The monoisotopic (exact) mass is 239 g/mol. The Hall–Kier alpha value is -0.960. The van der Waals surface area contributed by atoms with Crippen molar-refractivity contribution in [1.82, 2.24) is 5.32 Å². The van der Waals surface area contributed by atoms with Crippen molar-refractivity contribution in [3.8, 4) is 0 Å². The van der Waals surface area contributed by atoms with Gasteiger partial charge in [0, 0.05) is 5.56 Å². The maximum absolute atomic E-state index is 13.9. The van der Waals surface area contributed by atoms with Crippen LogP contribution in [0.15, 0.2) is 12.1 Å². The van der Waals surface area contributed by atoms with Gasteiger partial charge in [0.25, 0.3) is 0 Å². The molecule has 0 spiro atoms. The molecule has 1 nitrogen and oxygen atoms in total. The maximum Gasteiger partial charge on any atom is 0.132 e. The first-order valence-electron chi connectivity index (χ1n) is 6.23. The van der Waals surface area contributed by atoms with Crippen molar-refractivity contribution in [2.75, 3.05) is 13.1 Å². The average molecular weight is 239 g/mol. The number of hydrogen-bond acceptors (Lipinski definition) is 1. The molecule has 94 valence electrons. The first-order chi connectivity index (χ1) is 8.09. The molecule has 0 saturated carbocycles. The Bertz CT molecular complexity index is 403. The Morgan fingerprint density at radius 2 is 2.12 bits per heavy atom. The molecule has 0 aromatic heterocycles. The largest absolute Gasteiger partial charge is 0.316 e. The van der Waals surface area contributed by atoms with Gasteiger partial charge in [-0.05, 0) is 56.3 Å². The minimum Gasteiger partial charge on any atom is -0.316 e. The van der Waals surface area contributed by atoms with Gasteiger partial charge in [-0.1, -0.05) is 13.0 Å². The van der Waals surface area contributed by atoms with E-state index >= 15 is 0 Å². The third kappa shape index (κ3) is 2.65. The normalized spacial score (nSPS) is 24.9. The highest BCUT2D eigenvalue weighted by atomic mass is 19.1. The zero-order chi connectivity index (χ0) is 12.4. The number of piperidine rings is 1. The van der Waals surface area contributed by atoms with Crippen LogP contribution < -0.4 is 5.32 Å². The van der Waals surface area contributed by atoms with Crippen LogP contribution in [0.4, 0.5) is 8.78 Å². The number of hydrogen-bond donors (Lipinski definition) is 1. The van der Waals surface area contributed by atoms with Gasteiger partial charge < -0.3 is 5.32 Å². The van der Waals surface area contributed by atoms with Crippen molar-refractivity contribution in [3.05, 3.63) is 34.9 Å². The Balaban J connectivity index is 2.20. The van der Waals surface area contributed by atoms with E-state index in [1.807, 2.05) is 0 Å². The molecule has 1 saturated heterocycles. The summed E-state index contributed by atoms with van der Waals surface area (Å²) in [6.07, 6.45) is 1.58. The van der Waals surface area contributed by atoms with Gasteiger partial charge in [0.2, 0.25) is 0 Å². The molecule has 1 fully saturated rings. The van der Waals surface area contributed by atoms with E-state index < -0.39 is 5.82 Å². The van der Waals surface area contributed by atoms with Gasteiger partial charge in [-0.3, -0.25) is 0 Å². The fourth-order valence-corrected chi connectivity index (χ4v) is 2.49. The molecule has 2 atom stereocenters. The summed E-state index contributed by atoms with van der Waals surface area (Å²) in [7, 11) is 0. The van der Waals surface area contributed by atoms with E-state index in [4.69, 9.17) is 0 Å². The van der Waals surface area contributed by atoms with Crippen LogP contribution in [0.2, 0.25) is 0 Å². The van der Waals surface area contributed by atoms with Crippen LogP contribution in [0.1, 0.15) is 24.5 Å². The Morgan fingerprint density at radius 1 is 1.35 bits per heavy atom. The molecule has 1 aromatic rings. The molecule has 1 heterocycles. The van der Waals surface area contributed by atoms with Crippen molar-refractivity contribution >= 4 is 0 Å². The van der Waals surface area contributed by atoms with E-state index in [1.54, 1.807) is 6.92 Å². The predicted molar refractivity (Wildman–Crippen MR) is 64.9 cm³/mol. The lowest BCUT2D eigenvalue weighted by atomic mass is 9.83. The van der Waals surface area contributed by atoms with Crippen LogP contribution in [0.3, 0.4) is 0 Å². The molecule has 0 radical (unpaired) electrons. The number of nitrogens with one attached hydrogen (secondary N) is 1. The van der Waals surface area contributed by atoms with Crippen LogP contribution in [0, 0.1) is 30.4 Å². The Labute approximate surface area is 101 Å². The maximum atomic E-state index is 13.9. The van der Waals surface area contributed by atoms with Gasteiger partial charge in [0.05, 0.1) is 0 Å². The van der Waals surface area contributed by atoms with E-state index in [9.17, 15) is 8.78 Å². The summed E-state index contributed by atoms with van der Waals surface area (Å²) in [6, 6.07) is 2.87. The lowest BCUT2D eigenvalue weighted by Gasteiger charge is -2.29. The summed E-state index contributed by atoms with van der Waals surface area (Å²) in [5.41, 5.74) is 0.781. The number of rotatable bonds is 2. The van der Waals surface area contributed by atoms with Crippen molar-refractivity contribution < 1.29 is 8.78 Å². The summed E-state index contributed by atoms with van der Waals surface area (Å²) in [6.45, 7) is 5.71. The first kappa shape index (κ1) is 12.5. The van der Waals surface area contributed by atoms with Gasteiger partial charge in [-0.2, -0.15) is 0 Å². The zero-order valence-electron chi connectivity index (χ0n) is 10.4. The smallest absolute Gasteiger partial charge is 0.132 e. The summed E-state index contributed by atoms with van der Waals surface area (Å²) in [4.78, 5) is 0. The summed E-state index contributed by atoms with van der Waals surface area (Å²) in [5, 5.41) is 3.29. The molecular weight excluding hydrogens is 220 g/mol. The average Bonchev–Trinajstić information content (AvgIpc) is 2.32. The second-order valence-corrected chi connectivity index (χ2v) is 5.09. The quantitative estimate of drug-likeness (QED) is 0.836. The Morgan fingerprint density at radius 3 is 2.82 bits per heavy atom. The lowest BCUT2D eigenvalue weighted by Crippen LogP contribution is -2.36. The third-order valence-electron chi connectivity index (χ3n) is 3.83. The van der Waals surface area contributed by atoms with Gasteiger partial charge in [-0.15, -0.1) is 0 Å². The number of aryl methyl sites for hydroxylation is 1. The van der Waals surface area contributed by atoms with Crippen molar-refractivity contribution in [2.45, 2.75) is 26.7 Å². The van der Waals surface area contributed by atoms with Crippen LogP contribution in [-0.2, 0) is 6.42 Å². The highest BCUT2D eigenvalue weighted by Gasteiger charge is 2.24. The van der Waals surface area contributed by atoms with Crippen LogP contribution in [0.5, 0.6) is 0 Å². The SMILES string of the molecule is Cc1ccc(F)c(CC2CNCCC2C)c1F. The van der Waals surface area contributed by atoms with E-state index in [-0.39, 0.29) is 11.4 Å². The lowest BCUT2D eigenvalue weighted by molar-refractivity contribution is 0.268. The fraction of sp³-hybridized carbons (Fsp3) is 0.571. The molecule has 0 bridgehead atoms. The molecule has 1 N–H and O–H groups in total. The van der Waals surface area contributed by atoms with Crippen molar-refractivity contribution in [1.29, 1.82) is 0 Å². The minimum absolute atomic E-state index is 0.255. The van der Waals surface area contributed by atoms with Gasteiger partial charge in [0.1, 0.15) is 11.6 Å². The molecule has 1 aliphatic heterocycles. The molecule has 0 amide bonds. The first-order valence-corrected chi connectivity index (χ1v) is 6.23. The van der Waals surface area contributed by atoms with E-state index in [0.29, 0.717) is 23.8 Å². The highest BCUT2D eigenvalue weighted by Crippen LogP contribution is 2.26. The van der Waals surface area contributed by atoms with E-state index in [0.717, 1.165) is 19.5 Å². The molecule has 2 unspecified atom stereocenters. The van der Waals surface area contributed by atoms with Crippen LogP contribution >= 0.6 is 0 Å². The summed E-state index contributed by atoms with van der Waals surface area (Å²) >= 11 is 0. The van der Waals surface area contributed by atoms with Crippen molar-refractivity contribution in [3.63, 3.8) is 0 Å². The third-order valence-corrected chi connectivity index (χ3v) is 3.83. The van der Waals surface area contributed by atoms with E-state index in [1.165, 1.54) is 12.1 Å². The standard InChI is InChI=1S/C14H19F2N/c1-9-5-6-17-8-11(9)7-12-13(15)4-3-10(2)14(12)16/h3-4,9,11,17H,5-8H2,1-2H3. The zero-order valence-corrected chi connectivity index (χ0v) is 10.4. The molecule has 1 aliphatic rings. The molecule has 1 aromatic carbocycles. The molecule has 3 heteroatoms. The second kappa shape index (κ2) is 5.13. The van der Waals surface area contributed by atoms with Crippen molar-refractivity contribution in [2.24, 2.45) is 11.8 Å². The summed E-state index contributed by atoms with van der Waals surface area (Å²) in [5.74, 6) is 0.0683. The minimum atomic E-state index is -0.411. The molecule has 17 heavy (non-hydrogen) atoms. The number of halogens is 2. The van der Waals surface area contributed by atoms with Crippen LogP contribution in [-0.4, -0.2) is 13.1 Å². The summed E-state index contributed by atoms with van der Waals surface area (Å²) < 4.78 is 27.5. The predicted octanol–water partition coefficient (Wildman–Crippen LogP) is 3.06. The van der Waals surface area contributed by atoms with E-state index in [2.05, 4.69) is 12.2 Å².